The first-order valence-electron chi connectivity index (χ1n) is 5.27. The van der Waals surface area contributed by atoms with Gasteiger partial charge in [0.2, 0.25) is 5.91 Å². The third kappa shape index (κ3) is 4.08. The van der Waals surface area contributed by atoms with Gasteiger partial charge in [0, 0.05) is 19.2 Å². The minimum absolute atomic E-state index is 0.0265. The molecule has 0 saturated heterocycles. The normalized spacial score (nSPS) is 10.3. The molecule has 17 heavy (non-hydrogen) atoms. The van der Waals surface area contributed by atoms with Crippen LogP contribution >= 0.6 is 22.6 Å². The molecule has 0 saturated carbocycles. The maximum absolute atomic E-state index is 11.8. The Morgan fingerprint density at radius 1 is 1.59 bits per heavy atom. The van der Waals surface area contributed by atoms with Crippen LogP contribution in [0.25, 0.3) is 0 Å². The molecule has 7 heteroatoms. The molecule has 1 amide bonds. The lowest BCUT2D eigenvalue weighted by atomic mass is 10.2. The van der Waals surface area contributed by atoms with Crippen LogP contribution in [0.2, 0.25) is 0 Å². The van der Waals surface area contributed by atoms with Gasteiger partial charge < -0.3 is 0 Å². The van der Waals surface area contributed by atoms with E-state index in [1.54, 1.807) is 17.7 Å². The fourth-order valence-electron chi connectivity index (χ4n) is 1.44. The van der Waals surface area contributed by atoms with Gasteiger partial charge in [0.05, 0.1) is 3.57 Å². The Labute approximate surface area is 113 Å². The van der Waals surface area contributed by atoms with Gasteiger partial charge in [0.25, 0.3) is 5.56 Å². The number of aromatic nitrogens is 2. The second-order valence-electron chi connectivity index (χ2n) is 3.63. The van der Waals surface area contributed by atoms with Gasteiger partial charge in [-0.1, -0.05) is 0 Å². The average Bonchev–Trinajstić information content (AvgIpc) is 2.32. The van der Waals surface area contributed by atoms with Crippen LogP contribution in [0.3, 0.4) is 0 Å². The second-order valence-corrected chi connectivity index (χ2v) is 4.80. The van der Waals surface area contributed by atoms with Crippen LogP contribution in [0.4, 0.5) is 0 Å². The predicted molar refractivity (Wildman–Crippen MR) is 72.1 cm³/mol. The lowest BCUT2D eigenvalue weighted by Crippen LogP contribution is -2.30. The van der Waals surface area contributed by atoms with Crippen molar-refractivity contribution in [1.82, 2.24) is 15.0 Å². The minimum atomic E-state index is -0.185. The highest BCUT2D eigenvalue weighted by molar-refractivity contribution is 14.1. The molecule has 0 unspecified atom stereocenters. The van der Waals surface area contributed by atoms with E-state index in [4.69, 9.17) is 5.84 Å². The number of halogens is 1. The predicted octanol–water partition coefficient (Wildman–Crippen LogP) is 0.317. The third-order valence-electron chi connectivity index (χ3n) is 2.40. The Kier molecular flexibility index (Phi) is 5.56. The van der Waals surface area contributed by atoms with Crippen molar-refractivity contribution in [1.29, 1.82) is 0 Å². The summed E-state index contributed by atoms with van der Waals surface area (Å²) < 4.78 is 2.23. The van der Waals surface area contributed by atoms with E-state index in [-0.39, 0.29) is 11.5 Å². The molecule has 0 aliphatic heterocycles. The summed E-state index contributed by atoms with van der Waals surface area (Å²) in [7, 11) is 0. The Balaban J connectivity index is 2.55. The van der Waals surface area contributed by atoms with Crippen LogP contribution in [0.1, 0.15) is 25.1 Å². The summed E-state index contributed by atoms with van der Waals surface area (Å²) >= 11 is 1.97. The maximum atomic E-state index is 11.8. The van der Waals surface area contributed by atoms with E-state index in [1.807, 2.05) is 22.6 Å². The van der Waals surface area contributed by atoms with E-state index >= 15 is 0 Å². The summed E-state index contributed by atoms with van der Waals surface area (Å²) in [5.74, 6) is 5.48. The van der Waals surface area contributed by atoms with E-state index in [1.165, 1.54) is 0 Å². The average molecular weight is 350 g/mol. The summed E-state index contributed by atoms with van der Waals surface area (Å²) in [6, 6.07) is 0. The number of carbonyl (C=O) groups excluding carboxylic acids is 1. The molecule has 0 fully saturated rings. The van der Waals surface area contributed by atoms with Crippen LogP contribution in [0, 0.1) is 10.5 Å². The number of rotatable bonds is 5. The van der Waals surface area contributed by atoms with Crippen LogP contribution < -0.4 is 16.8 Å². The van der Waals surface area contributed by atoms with Crippen molar-refractivity contribution in [2.24, 2.45) is 5.84 Å². The van der Waals surface area contributed by atoms with Gasteiger partial charge in [-0.15, -0.1) is 0 Å². The van der Waals surface area contributed by atoms with E-state index in [0.29, 0.717) is 28.8 Å². The lowest BCUT2D eigenvalue weighted by molar-refractivity contribution is -0.121. The third-order valence-corrected chi connectivity index (χ3v) is 3.14. The number of hydrogen-bond acceptors (Lipinski definition) is 4. The van der Waals surface area contributed by atoms with Crippen LogP contribution in [-0.2, 0) is 11.3 Å². The first-order valence-corrected chi connectivity index (χ1v) is 6.35. The van der Waals surface area contributed by atoms with Crippen molar-refractivity contribution in [3.05, 3.63) is 25.9 Å². The molecular formula is C10H15IN4O2. The molecule has 0 atom stereocenters. The van der Waals surface area contributed by atoms with Crippen LogP contribution in [0.5, 0.6) is 0 Å². The number of nitrogens with two attached hydrogens (primary N) is 1. The molecule has 94 valence electrons. The maximum Gasteiger partial charge on any atom is 0.266 e. The topological polar surface area (TPSA) is 90.0 Å². The first-order chi connectivity index (χ1) is 8.06. The minimum Gasteiger partial charge on any atom is -0.296 e. The standard InChI is InChI=1S/C10H15IN4O2/c1-7-13-6-8(11)10(17)15(7)5-3-2-4-9(16)14-12/h6H,2-5,12H2,1H3,(H,14,16). The van der Waals surface area contributed by atoms with Gasteiger partial charge in [0.1, 0.15) is 5.82 Å². The van der Waals surface area contributed by atoms with Crippen LogP contribution in [-0.4, -0.2) is 15.5 Å². The van der Waals surface area contributed by atoms with Crippen molar-refractivity contribution in [3.8, 4) is 0 Å². The molecule has 1 aromatic rings. The number of carbonyl (C=O) groups is 1. The van der Waals surface area contributed by atoms with E-state index in [0.717, 1.165) is 6.42 Å². The second kappa shape index (κ2) is 6.70. The Morgan fingerprint density at radius 2 is 2.29 bits per heavy atom. The number of amides is 1. The summed E-state index contributed by atoms with van der Waals surface area (Å²) in [5.41, 5.74) is 2.05. The number of unbranched alkanes of at least 4 members (excludes halogenated alkanes) is 1. The van der Waals surface area contributed by atoms with E-state index in [2.05, 4.69) is 10.4 Å². The number of aryl methyl sites for hydroxylation is 1. The molecule has 1 aromatic heterocycles. The van der Waals surface area contributed by atoms with Crippen molar-refractivity contribution < 1.29 is 4.79 Å². The number of nitrogens with one attached hydrogen (secondary N) is 1. The van der Waals surface area contributed by atoms with Crippen molar-refractivity contribution >= 4 is 28.5 Å². The lowest BCUT2D eigenvalue weighted by Gasteiger charge is -2.08. The monoisotopic (exact) mass is 350 g/mol. The Morgan fingerprint density at radius 3 is 2.94 bits per heavy atom. The summed E-state index contributed by atoms with van der Waals surface area (Å²) in [6.45, 7) is 2.37. The van der Waals surface area contributed by atoms with Gasteiger partial charge in [-0.05, 0) is 42.4 Å². The molecule has 0 radical (unpaired) electrons. The molecule has 1 heterocycles. The molecule has 0 aromatic carbocycles. The molecule has 1 rings (SSSR count). The fourth-order valence-corrected chi connectivity index (χ4v) is 1.87. The van der Waals surface area contributed by atoms with Gasteiger partial charge in [-0.25, -0.2) is 10.8 Å². The molecule has 3 N–H and O–H groups in total. The molecule has 6 nitrogen and oxygen atoms in total. The van der Waals surface area contributed by atoms with Gasteiger partial charge in [-0.2, -0.15) is 0 Å². The highest BCUT2D eigenvalue weighted by atomic mass is 127. The van der Waals surface area contributed by atoms with E-state index < -0.39 is 0 Å². The quantitative estimate of drug-likeness (QED) is 0.263. The molecule has 0 aliphatic carbocycles. The molecule has 0 bridgehead atoms. The Bertz CT molecular complexity index is 458. The zero-order chi connectivity index (χ0) is 12.8. The Hall–Kier alpha value is -0.960. The SMILES string of the molecule is Cc1ncc(I)c(=O)n1CCCCC(=O)NN. The highest BCUT2D eigenvalue weighted by Gasteiger charge is 2.05. The van der Waals surface area contributed by atoms with Crippen LogP contribution in [0.15, 0.2) is 11.0 Å². The van der Waals surface area contributed by atoms with Crippen molar-refractivity contribution in [2.75, 3.05) is 0 Å². The number of hydrogen-bond donors (Lipinski definition) is 2. The van der Waals surface area contributed by atoms with Crippen molar-refractivity contribution in [3.63, 3.8) is 0 Å². The number of hydrazine groups is 1. The van der Waals surface area contributed by atoms with E-state index in [9.17, 15) is 9.59 Å². The molecule has 0 aliphatic rings. The first kappa shape index (κ1) is 14.1. The fraction of sp³-hybridized carbons (Fsp3) is 0.500. The van der Waals surface area contributed by atoms with Gasteiger partial charge >= 0.3 is 0 Å². The van der Waals surface area contributed by atoms with Gasteiger partial charge in [0.15, 0.2) is 0 Å². The van der Waals surface area contributed by atoms with Crippen molar-refractivity contribution in [2.45, 2.75) is 32.7 Å². The zero-order valence-corrected chi connectivity index (χ0v) is 11.7. The highest BCUT2D eigenvalue weighted by Crippen LogP contribution is 2.01. The summed E-state index contributed by atoms with van der Waals surface area (Å²) in [5, 5.41) is 0. The zero-order valence-electron chi connectivity index (χ0n) is 9.57. The number of nitrogens with zero attached hydrogens (tertiary/aromatic N) is 2. The largest absolute Gasteiger partial charge is 0.296 e. The summed E-state index contributed by atoms with van der Waals surface area (Å²) in [4.78, 5) is 26.8. The van der Waals surface area contributed by atoms with Gasteiger partial charge in [-0.3, -0.25) is 19.6 Å². The smallest absolute Gasteiger partial charge is 0.266 e. The molecular weight excluding hydrogens is 335 g/mol. The molecule has 0 spiro atoms. The summed E-state index contributed by atoms with van der Waals surface area (Å²) in [6.07, 6.45) is 3.38.